The molecule has 0 radical (unpaired) electrons. The van der Waals surface area contributed by atoms with Crippen molar-refractivity contribution in [2.45, 2.75) is 31.8 Å². The molecule has 0 aliphatic heterocycles. The highest BCUT2D eigenvalue weighted by Gasteiger charge is 2.16. The van der Waals surface area contributed by atoms with Crippen molar-refractivity contribution in [1.29, 1.82) is 0 Å². The first-order valence-electron chi connectivity index (χ1n) is 8.59. The van der Waals surface area contributed by atoms with Crippen LogP contribution in [-0.4, -0.2) is 33.6 Å². The van der Waals surface area contributed by atoms with Crippen LogP contribution in [0.5, 0.6) is 11.5 Å². The zero-order valence-electron chi connectivity index (χ0n) is 15.6. The van der Waals surface area contributed by atoms with Crippen LogP contribution in [0.25, 0.3) is 0 Å². The molecule has 146 valence electrons. The van der Waals surface area contributed by atoms with Crippen LogP contribution < -0.4 is 19.5 Å². The van der Waals surface area contributed by atoms with Gasteiger partial charge in [-0.05, 0) is 69.3 Å². The van der Waals surface area contributed by atoms with Crippen LogP contribution in [0.3, 0.4) is 0 Å². The predicted molar refractivity (Wildman–Crippen MR) is 104 cm³/mol. The Kier molecular flexibility index (Phi) is 7.20. The van der Waals surface area contributed by atoms with E-state index in [1.807, 2.05) is 20.8 Å². The SMILES string of the molecule is CCOc1ccc(NC(=O)CNS(=O)(=O)c2ccc(OC(C)C)cc2)cc1. The van der Waals surface area contributed by atoms with Crippen molar-refractivity contribution in [2.24, 2.45) is 0 Å². The van der Waals surface area contributed by atoms with Gasteiger partial charge in [0.15, 0.2) is 0 Å². The largest absolute Gasteiger partial charge is 0.494 e. The van der Waals surface area contributed by atoms with E-state index in [4.69, 9.17) is 9.47 Å². The summed E-state index contributed by atoms with van der Waals surface area (Å²) in [5.41, 5.74) is 0.554. The topological polar surface area (TPSA) is 93.7 Å². The first kappa shape index (κ1) is 20.7. The predicted octanol–water partition coefficient (Wildman–Crippen LogP) is 2.79. The lowest BCUT2D eigenvalue weighted by Gasteiger charge is -2.11. The molecule has 27 heavy (non-hydrogen) atoms. The molecule has 0 unspecified atom stereocenters. The minimum Gasteiger partial charge on any atom is -0.494 e. The molecule has 2 rings (SSSR count). The van der Waals surface area contributed by atoms with Gasteiger partial charge in [-0.1, -0.05) is 0 Å². The molecule has 2 aromatic rings. The van der Waals surface area contributed by atoms with Crippen molar-refractivity contribution in [3.8, 4) is 11.5 Å². The van der Waals surface area contributed by atoms with E-state index in [9.17, 15) is 13.2 Å². The van der Waals surface area contributed by atoms with Gasteiger partial charge in [0.05, 0.1) is 24.2 Å². The molecule has 0 fully saturated rings. The van der Waals surface area contributed by atoms with Crippen LogP contribution in [-0.2, 0) is 14.8 Å². The molecular formula is C19H24N2O5S. The number of carbonyl (C=O) groups is 1. The first-order chi connectivity index (χ1) is 12.8. The van der Waals surface area contributed by atoms with Crippen molar-refractivity contribution >= 4 is 21.6 Å². The van der Waals surface area contributed by atoms with Crippen LogP contribution in [0, 0.1) is 0 Å². The standard InChI is InChI=1S/C19H24N2O5S/c1-4-25-16-7-5-15(6-8-16)21-19(22)13-20-27(23,24)18-11-9-17(10-12-18)26-14(2)3/h5-12,14,20H,4,13H2,1-3H3,(H,21,22). The Morgan fingerprint density at radius 1 is 1.00 bits per heavy atom. The van der Waals surface area contributed by atoms with E-state index in [0.29, 0.717) is 23.8 Å². The van der Waals surface area contributed by atoms with E-state index >= 15 is 0 Å². The van der Waals surface area contributed by atoms with Gasteiger partial charge >= 0.3 is 0 Å². The van der Waals surface area contributed by atoms with Crippen molar-refractivity contribution in [2.75, 3.05) is 18.5 Å². The number of hydrogen-bond acceptors (Lipinski definition) is 5. The van der Waals surface area contributed by atoms with Crippen molar-refractivity contribution in [3.63, 3.8) is 0 Å². The zero-order valence-corrected chi connectivity index (χ0v) is 16.4. The van der Waals surface area contributed by atoms with Gasteiger partial charge in [0.1, 0.15) is 11.5 Å². The highest BCUT2D eigenvalue weighted by atomic mass is 32.2. The summed E-state index contributed by atoms with van der Waals surface area (Å²) in [4.78, 5) is 12.0. The van der Waals surface area contributed by atoms with Crippen LogP contribution in [0.15, 0.2) is 53.4 Å². The lowest BCUT2D eigenvalue weighted by atomic mass is 10.3. The summed E-state index contributed by atoms with van der Waals surface area (Å²) >= 11 is 0. The fourth-order valence-electron chi connectivity index (χ4n) is 2.22. The number of hydrogen-bond donors (Lipinski definition) is 2. The van der Waals surface area contributed by atoms with Crippen molar-refractivity contribution in [3.05, 3.63) is 48.5 Å². The number of sulfonamides is 1. The van der Waals surface area contributed by atoms with Gasteiger partial charge in [-0.2, -0.15) is 0 Å². The van der Waals surface area contributed by atoms with E-state index in [0.717, 1.165) is 0 Å². The molecule has 0 atom stereocenters. The van der Waals surface area contributed by atoms with Crippen molar-refractivity contribution < 1.29 is 22.7 Å². The quantitative estimate of drug-likeness (QED) is 0.684. The van der Waals surface area contributed by atoms with Crippen LogP contribution >= 0.6 is 0 Å². The second-order valence-corrected chi connectivity index (χ2v) is 7.74. The van der Waals surface area contributed by atoms with Gasteiger partial charge in [0.25, 0.3) is 0 Å². The molecule has 0 aromatic heterocycles. The Morgan fingerprint density at radius 2 is 1.59 bits per heavy atom. The molecule has 7 nitrogen and oxygen atoms in total. The maximum atomic E-state index is 12.3. The zero-order chi connectivity index (χ0) is 19.9. The Balaban J connectivity index is 1.90. The molecule has 0 aliphatic carbocycles. The molecule has 2 N–H and O–H groups in total. The van der Waals surface area contributed by atoms with Crippen LogP contribution in [0.2, 0.25) is 0 Å². The monoisotopic (exact) mass is 392 g/mol. The van der Waals surface area contributed by atoms with Gasteiger partial charge in [-0.25, -0.2) is 13.1 Å². The average molecular weight is 392 g/mol. The Bertz CT molecular complexity index is 847. The number of ether oxygens (including phenoxy) is 2. The summed E-state index contributed by atoms with van der Waals surface area (Å²) in [6.07, 6.45) is -0.00289. The van der Waals surface area contributed by atoms with Gasteiger partial charge < -0.3 is 14.8 Å². The minimum atomic E-state index is -3.79. The number of amides is 1. The second-order valence-electron chi connectivity index (χ2n) is 5.97. The Labute approximate surface area is 159 Å². The van der Waals surface area contributed by atoms with E-state index in [1.54, 1.807) is 36.4 Å². The van der Waals surface area contributed by atoms with Gasteiger partial charge in [0, 0.05) is 5.69 Å². The number of anilines is 1. The summed E-state index contributed by atoms with van der Waals surface area (Å²) in [5.74, 6) is 0.806. The van der Waals surface area contributed by atoms with E-state index in [1.165, 1.54) is 12.1 Å². The van der Waals surface area contributed by atoms with Crippen molar-refractivity contribution in [1.82, 2.24) is 4.72 Å². The van der Waals surface area contributed by atoms with Gasteiger partial charge in [0.2, 0.25) is 15.9 Å². The summed E-state index contributed by atoms with van der Waals surface area (Å²) in [5, 5.41) is 2.62. The number of nitrogens with one attached hydrogen (secondary N) is 2. The molecule has 1 amide bonds. The number of benzene rings is 2. The third kappa shape index (κ3) is 6.58. The molecular weight excluding hydrogens is 368 g/mol. The molecule has 2 aromatic carbocycles. The first-order valence-corrected chi connectivity index (χ1v) is 10.1. The third-order valence-corrected chi connectivity index (χ3v) is 4.79. The summed E-state index contributed by atoms with van der Waals surface area (Å²) < 4.78 is 37.7. The average Bonchev–Trinajstić information content (AvgIpc) is 2.62. The Hall–Kier alpha value is -2.58. The lowest BCUT2D eigenvalue weighted by molar-refractivity contribution is -0.115. The molecule has 0 spiro atoms. The molecule has 0 saturated carbocycles. The van der Waals surface area contributed by atoms with Gasteiger partial charge in [-0.3, -0.25) is 4.79 Å². The summed E-state index contributed by atoms with van der Waals surface area (Å²) in [7, 11) is -3.79. The number of rotatable bonds is 9. The second kappa shape index (κ2) is 9.38. The maximum Gasteiger partial charge on any atom is 0.241 e. The van der Waals surface area contributed by atoms with Crippen LogP contribution in [0.4, 0.5) is 5.69 Å². The summed E-state index contributed by atoms with van der Waals surface area (Å²) in [6.45, 7) is 5.83. The maximum absolute atomic E-state index is 12.3. The number of carbonyl (C=O) groups excluding carboxylic acids is 1. The smallest absolute Gasteiger partial charge is 0.241 e. The fourth-order valence-corrected chi connectivity index (χ4v) is 3.20. The van der Waals surface area contributed by atoms with Gasteiger partial charge in [-0.15, -0.1) is 0 Å². The fraction of sp³-hybridized carbons (Fsp3) is 0.316. The third-order valence-electron chi connectivity index (χ3n) is 3.38. The molecule has 0 bridgehead atoms. The lowest BCUT2D eigenvalue weighted by Crippen LogP contribution is -2.32. The molecule has 0 saturated heterocycles. The van der Waals surface area contributed by atoms with E-state index < -0.39 is 15.9 Å². The van der Waals surface area contributed by atoms with E-state index in [2.05, 4.69) is 10.0 Å². The molecule has 0 aliphatic rings. The summed E-state index contributed by atoms with van der Waals surface area (Å²) in [6, 6.07) is 12.8. The minimum absolute atomic E-state index is 0.00289. The highest BCUT2D eigenvalue weighted by Crippen LogP contribution is 2.17. The van der Waals surface area contributed by atoms with E-state index in [-0.39, 0.29) is 17.5 Å². The van der Waals surface area contributed by atoms with Crippen LogP contribution in [0.1, 0.15) is 20.8 Å². The molecule has 0 heterocycles. The Morgan fingerprint density at radius 3 is 2.15 bits per heavy atom. The molecule has 8 heteroatoms. The normalized spacial score (nSPS) is 11.3. The highest BCUT2D eigenvalue weighted by molar-refractivity contribution is 7.89.